The summed E-state index contributed by atoms with van der Waals surface area (Å²) >= 11 is 0. The summed E-state index contributed by atoms with van der Waals surface area (Å²) in [5.41, 5.74) is 0. The van der Waals surface area contributed by atoms with Gasteiger partial charge in [-0.1, -0.05) is 367 Å². The molecule has 0 amide bonds. The van der Waals surface area contributed by atoms with Crippen LogP contribution >= 0.6 is 0 Å². The van der Waals surface area contributed by atoms with Crippen LogP contribution in [0.15, 0.2) is 0 Å². The molecule has 6 nitrogen and oxygen atoms in total. The zero-order chi connectivity index (χ0) is 54.3. The maximum Gasteiger partial charge on any atom is 0.306 e. The molecule has 1 unspecified atom stereocenters. The van der Waals surface area contributed by atoms with Crippen molar-refractivity contribution in [1.82, 2.24) is 0 Å². The Morgan fingerprint density at radius 2 is 0.360 bits per heavy atom. The molecule has 0 fully saturated rings. The average Bonchev–Trinajstić information content (AvgIpc) is 3.41. The predicted octanol–water partition coefficient (Wildman–Crippen LogP) is 23.5. The van der Waals surface area contributed by atoms with Crippen molar-refractivity contribution in [2.24, 2.45) is 0 Å². The summed E-state index contributed by atoms with van der Waals surface area (Å²) in [5, 5.41) is 0. The Hall–Kier alpha value is -1.59. The maximum absolute atomic E-state index is 12.9. The van der Waals surface area contributed by atoms with Crippen molar-refractivity contribution in [3.63, 3.8) is 0 Å². The first-order valence-corrected chi connectivity index (χ1v) is 34.5. The van der Waals surface area contributed by atoms with E-state index in [0.29, 0.717) is 19.3 Å². The highest BCUT2D eigenvalue weighted by Crippen LogP contribution is 2.19. The number of esters is 3. The first-order chi connectivity index (χ1) is 37.0. The highest BCUT2D eigenvalue weighted by atomic mass is 16.6. The third-order valence-corrected chi connectivity index (χ3v) is 16.1. The second-order valence-corrected chi connectivity index (χ2v) is 23.8. The molecule has 0 N–H and O–H groups in total. The Morgan fingerprint density at radius 3 is 0.533 bits per heavy atom. The number of hydrogen-bond donors (Lipinski definition) is 0. The van der Waals surface area contributed by atoms with E-state index < -0.39 is 6.10 Å². The Balaban J connectivity index is 4.09. The van der Waals surface area contributed by atoms with Gasteiger partial charge < -0.3 is 14.2 Å². The molecular formula is C69H134O6. The lowest BCUT2D eigenvalue weighted by atomic mass is 10.0. The lowest BCUT2D eigenvalue weighted by Gasteiger charge is -2.18. The van der Waals surface area contributed by atoms with Crippen LogP contribution in [0.25, 0.3) is 0 Å². The van der Waals surface area contributed by atoms with Gasteiger partial charge in [-0.25, -0.2) is 0 Å². The Bertz CT molecular complexity index is 1120. The summed E-state index contributed by atoms with van der Waals surface area (Å²) in [6, 6.07) is 0. The quantitative estimate of drug-likeness (QED) is 0.0343. The zero-order valence-electron chi connectivity index (χ0n) is 51.4. The molecule has 0 bridgehead atoms. The second-order valence-electron chi connectivity index (χ2n) is 23.8. The van der Waals surface area contributed by atoms with Crippen LogP contribution in [0.4, 0.5) is 0 Å². The molecule has 446 valence electrons. The molecule has 0 aliphatic carbocycles. The van der Waals surface area contributed by atoms with Gasteiger partial charge in [0.1, 0.15) is 13.2 Å². The smallest absolute Gasteiger partial charge is 0.306 e. The van der Waals surface area contributed by atoms with Gasteiger partial charge in [-0.2, -0.15) is 0 Å². The monoisotopic (exact) mass is 1060 g/mol. The zero-order valence-corrected chi connectivity index (χ0v) is 51.4. The van der Waals surface area contributed by atoms with Crippen molar-refractivity contribution in [3.8, 4) is 0 Å². The van der Waals surface area contributed by atoms with Crippen LogP contribution in [0.2, 0.25) is 0 Å². The molecule has 0 aromatic carbocycles. The Labute approximate surface area is 469 Å². The summed E-state index contributed by atoms with van der Waals surface area (Å²) in [7, 11) is 0. The van der Waals surface area contributed by atoms with Crippen molar-refractivity contribution in [3.05, 3.63) is 0 Å². The molecule has 0 aromatic rings. The minimum Gasteiger partial charge on any atom is -0.462 e. The minimum absolute atomic E-state index is 0.0608. The fraction of sp³-hybridized carbons (Fsp3) is 0.957. The lowest BCUT2D eigenvalue weighted by Crippen LogP contribution is -2.30. The number of hydrogen-bond acceptors (Lipinski definition) is 6. The first-order valence-electron chi connectivity index (χ1n) is 34.5. The van der Waals surface area contributed by atoms with Crippen LogP contribution in [0.1, 0.15) is 406 Å². The van der Waals surface area contributed by atoms with Gasteiger partial charge in [0.15, 0.2) is 6.10 Å². The van der Waals surface area contributed by atoms with E-state index in [4.69, 9.17) is 14.2 Å². The molecular weight excluding hydrogens is 925 g/mol. The van der Waals surface area contributed by atoms with Crippen LogP contribution in [0.5, 0.6) is 0 Å². The van der Waals surface area contributed by atoms with Crippen molar-refractivity contribution >= 4 is 17.9 Å². The van der Waals surface area contributed by atoms with Crippen molar-refractivity contribution < 1.29 is 28.6 Å². The normalized spacial score (nSPS) is 11.9. The summed E-state index contributed by atoms with van der Waals surface area (Å²) in [5.74, 6) is -0.827. The van der Waals surface area contributed by atoms with E-state index in [-0.39, 0.29) is 31.1 Å². The Kier molecular flexibility index (Phi) is 63.6. The van der Waals surface area contributed by atoms with Crippen molar-refractivity contribution in [2.45, 2.75) is 412 Å². The summed E-state index contributed by atoms with van der Waals surface area (Å²) < 4.78 is 16.9. The molecule has 0 spiro atoms. The molecule has 75 heavy (non-hydrogen) atoms. The second kappa shape index (κ2) is 64.9. The van der Waals surface area contributed by atoms with Crippen LogP contribution in [-0.4, -0.2) is 37.2 Å². The van der Waals surface area contributed by atoms with Crippen molar-refractivity contribution in [1.29, 1.82) is 0 Å². The SMILES string of the molecule is CCCCCCCCCCCCCCCCCCCCCCCCCCC(=O)OCC(COC(=O)CCCCCCCCCCC)OC(=O)CCCCCCCCCCCCCCCCCCCCCCCCCC. The summed E-state index contributed by atoms with van der Waals surface area (Å²) in [6.07, 6.45) is 75.8. The third kappa shape index (κ3) is 63.1. The molecule has 6 heteroatoms. The highest BCUT2D eigenvalue weighted by molar-refractivity contribution is 5.71. The van der Waals surface area contributed by atoms with Gasteiger partial charge in [-0.15, -0.1) is 0 Å². The topological polar surface area (TPSA) is 78.9 Å². The van der Waals surface area contributed by atoms with Crippen LogP contribution in [0, 0.1) is 0 Å². The van der Waals surface area contributed by atoms with Gasteiger partial charge in [0, 0.05) is 19.3 Å². The van der Waals surface area contributed by atoms with Crippen LogP contribution in [0.3, 0.4) is 0 Å². The average molecular weight is 1060 g/mol. The van der Waals surface area contributed by atoms with Gasteiger partial charge in [-0.3, -0.25) is 14.4 Å². The molecule has 0 aliphatic rings. The van der Waals surface area contributed by atoms with Crippen LogP contribution in [-0.2, 0) is 28.6 Å². The van der Waals surface area contributed by atoms with Gasteiger partial charge in [0.2, 0.25) is 0 Å². The molecule has 0 aromatic heterocycles. The number of ether oxygens (including phenoxy) is 3. The standard InChI is InChI=1S/C69H134O6/c1-4-7-10-13-16-19-21-23-25-27-29-31-33-35-37-39-41-43-45-47-50-53-56-59-62-68(71)74-65-66(64-73-67(70)61-58-55-52-49-18-15-12-9-6-3)75-69(72)63-60-57-54-51-48-46-44-42-40-38-36-34-32-30-28-26-24-22-20-17-14-11-8-5-2/h66H,4-65H2,1-3H3. The van der Waals surface area contributed by atoms with E-state index in [1.165, 1.54) is 308 Å². The molecule has 0 heterocycles. The lowest BCUT2D eigenvalue weighted by molar-refractivity contribution is -0.167. The molecule has 0 radical (unpaired) electrons. The largest absolute Gasteiger partial charge is 0.462 e. The minimum atomic E-state index is -0.762. The van der Waals surface area contributed by atoms with Gasteiger partial charge >= 0.3 is 17.9 Å². The number of unbranched alkanes of at least 4 members (excludes halogenated alkanes) is 54. The van der Waals surface area contributed by atoms with E-state index in [0.717, 1.165) is 57.8 Å². The predicted molar refractivity (Wildman–Crippen MR) is 326 cm³/mol. The molecule has 0 aliphatic heterocycles. The third-order valence-electron chi connectivity index (χ3n) is 16.1. The maximum atomic E-state index is 12.9. The fourth-order valence-electron chi connectivity index (χ4n) is 10.9. The molecule has 1 atom stereocenters. The highest BCUT2D eigenvalue weighted by Gasteiger charge is 2.19. The molecule has 0 rings (SSSR count). The summed E-state index contributed by atoms with van der Waals surface area (Å²) in [4.78, 5) is 38.2. The van der Waals surface area contributed by atoms with Gasteiger partial charge in [0.05, 0.1) is 0 Å². The van der Waals surface area contributed by atoms with E-state index >= 15 is 0 Å². The van der Waals surface area contributed by atoms with E-state index in [1.807, 2.05) is 0 Å². The fourth-order valence-corrected chi connectivity index (χ4v) is 10.9. The first kappa shape index (κ1) is 73.4. The number of rotatable bonds is 65. The molecule has 0 saturated heterocycles. The van der Waals surface area contributed by atoms with E-state index in [1.54, 1.807) is 0 Å². The number of carbonyl (C=O) groups excluding carboxylic acids is 3. The van der Waals surface area contributed by atoms with Crippen LogP contribution < -0.4 is 0 Å². The number of carbonyl (C=O) groups is 3. The molecule has 0 saturated carbocycles. The van der Waals surface area contributed by atoms with E-state index in [2.05, 4.69) is 20.8 Å². The van der Waals surface area contributed by atoms with Gasteiger partial charge in [-0.05, 0) is 19.3 Å². The Morgan fingerprint density at radius 1 is 0.213 bits per heavy atom. The van der Waals surface area contributed by atoms with Gasteiger partial charge in [0.25, 0.3) is 0 Å². The van der Waals surface area contributed by atoms with E-state index in [9.17, 15) is 14.4 Å². The summed E-state index contributed by atoms with van der Waals surface area (Å²) in [6.45, 7) is 6.72. The van der Waals surface area contributed by atoms with Crippen molar-refractivity contribution in [2.75, 3.05) is 13.2 Å².